The molecule has 0 bridgehead atoms. The molecule has 0 radical (unpaired) electrons. The summed E-state index contributed by atoms with van der Waals surface area (Å²) >= 11 is 0. The van der Waals surface area contributed by atoms with Crippen LogP contribution in [0.1, 0.15) is 30.5 Å². The molecule has 0 amide bonds. The number of aromatic nitrogens is 5. The van der Waals surface area contributed by atoms with Crippen LogP contribution in [0.2, 0.25) is 0 Å². The van der Waals surface area contributed by atoms with E-state index < -0.39 is 5.97 Å². The lowest BCUT2D eigenvalue weighted by Crippen LogP contribution is -2.13. The Balaban J connectivity index is 1.98. The molecule has 2 aromatic heterocycles. The quantitative estimate of drug-likeness (QED) is 0.512. The average Bonchev–Trinajstić information content (AvgIpc) is 3.20. The summed E-state index contributed by atoms with van der Waals surface area (Å²) < 4.78 is 8.52. The molecule has 3 rings (SSSR count). The van der Waals surface area contributed by atoms with Crippen molar-refractivity contribution in [2.45, 2.75) is 33.8 Å². The van der Waals surface area contributed by atoms with Gasteiger partial charge in [0.15, 0.2) is 5.82 Å². The number of ether oxygens (including phenoxy) is 1. The average molecular weight is 365 g/mol. The van der Waals surface area contributed by atoms with E-state index in [4.69, 9.17) is 4.74 Å². The van der Waals surface area contributed by atoms with Gasteiger partial charge in [-0.15, -0.1) is 5.10 Å². The Morgan fingerprint density at radius 2 is 1.89 bits per heavy atom. The third-order valence-electron chi connectivity index (χ3n) is 3.83. The summed E-state index contributed by atoms with van der Waals surface area (Å²) in [7, 11) is 1.79. The van der Waals surface area contributed by atoms with Crippen LogP contribution in [0.15, 0.2) is 36.9 Å². The van der Waals surface area contributed by atoms with Crippen LogP contribution in [0.25, 0.3) is 23.2 Å². The molecule has 0 aliphatic rings. The predicted octanol–water partition coefficient (Wildman–Crippen LogP) is 3.25. The fourth-order valence-corrected chi connectivity index (χ4v) is 2.79. The van der Waals surface area contributed by atoms with Gasteiger partial charge in [0.05, 0.1) is 17.9 Å². The van der Waals surface area contributed by atoms with Crippen molar-refractivity contribution in [3.05, 3.63) is 53.6 Å². The number of esters is 1. The van der Waals surface area contributed by atoms with Gasteiger partial charge in [0.25, 0.3) is 0 Å². The molecule has 0 aliphatic carbocycles. The second kappa shape index (κ2) is 7.57. The summed E-state index contributed by atoms with van der Waals surface area (Å²) in [6.07, 6.45) is 6.34. The van der Waals surface area contributed by atoms with E-state index in [9.17, 15) is 4.79 Å². The first-order valence-electron chi connectivity index (χ1n) is 8.73. The third kappa shape index (κ3) is 4.49. The van der Waals surface area contributed by atoms with E-state index in [2.05, 4.69) is 21.2 Å². The van der Waals surface area contributed by atoms with Crippen molar-refractivity contribution in [1.82, 2.24) is 24.5 Å². The molecule has 0 spiro atoms. The number of carbonyl (C=O) groups is 1. The molecule has 0 saturated heterocycles. The molecule has 7 heteroatoms. The van der Waals surface area contributed by atoms with Gasteiger partial charge >= 0.3 is 5.97 Å². The zero-order chi connectivity index (χ0) is 19.6. The van der Waals surface area contributed by atoms with Gasteiger partial charge in [0.1, 0.15) is 6.33 Å². The first-order chi connectivity index (χ1) is 12.8. The van der Waals surface area contributed by atoms with E-state index in [1.807, 2.05) is 39.8 Å². The molecule has 0 aliphatic heterocycles. The van der Waals surface area contributed by atoms with Gasteiger partial charge in [0.2, 0.25) is 0 Å². The van der Waals surface area contributed by atoms with Crippen LogP contribution in [0, 0.1) is 13.8 Å². The highest BCUT2D eigenvalue weighted by molar-refractivity contribution is 6.20. The molecule has 3 aromatic rings. The minimum absolute atomic E-state index is 0.223. The fourth-order valence-electron chi connectivity index (χ4n) is 2.79. The van der Waals surface area contributed by atoms with E-state index in [0.29, 0.717) is 17.0 Å². The van der Waals surface area contributed by atoms with Crippen LogP contribution in [0.3, 0.4) is 0 Å². The SMILES string of the molecule is Cc1cc(C)cc(-c2ncn(/C=C(/C(=O)OC(C)C)c3cnn(C)c3)n2)c1. The standard InChI is InChI=1S/C20H23N5O2/c1-13(2)27-20(26)18(17-9-22-24(5)10-17)11-25-12-21-19(23-25)16-7-14(3)6-15(4)8-16/h6-13H,1-5H3/b18-11+. The van der Waals surface area contributed by atoms with Crippen LogP contribution in [-0.4, -0.2) is 36.6 Å². The second-order valence-electron chi connectivity index (χ2n) is 6.82. The number of aryl methyl sites for hydroxylation is 3. The number of nitrogens with zero attached hydrogens (tertiary/aromatic N) is 5. The van der Waals surface area contributed by atoms with Gasteiger partial charge in [-0.2, -0.15) is 5.10 Å². The topological polar surface area (TPSA) is 74.8 Å². The molecule has 0 fully saturated rings. The van der Waals surface area contributed by atoms with Gasteiger partial charge < -0.3 is 4.74 Å². The first kappa shape index (κ1) is 18.6. The summed E-state index contributed by atoms with van der Waals surface area (Å²) in [5.74, 6) is 0.169. The summed E-state index contributed by atoms with van der Waals surface area (Å²) in [5, 5.41) is 8.63. The van der Waals surface area contributed by atoms with Crippen molar-refractivity contribution in [2.24, 2.45) is 7.05 Å². The van der Waals surface area contributed by atoms with Crippen molar-refractivity contribution < 1.29 is 9.53 Å². The van der Waals surface area contributed by atoms with Crippen molar-refractivity contribution in [3.63, 3.8) is 0 Å². The van der Waals surface area contributed by atoms with Crippen molar-refractivity contribution in [2.75, 3.05) is 0 Å². The molecule has 1 aromatic carbocycles. The van der Waals surface area contributed by atoms with Crippen LogP contribution >= 0.6 is 0 Å². The number of rotatable bonds is 5. The highest BCUT2D eigenvalue weighted by Gasteiger charge is 2.18. The molecule has 0 atom stereocenters. The van der Waals surface area contributed by atoms with E-state index in [-0.39, 0.29) is 6.10 Å². The predicted molar refractivity (Wildman–Crippen MR) is 104 cm³/mol. The maximum atomic E-state index is 12.5. The number of carbonyl (C=O) groups excluding carboxylic acids is 1. The van der Waals surface area contributed by atoms with Crippen LogP contribution in [0.5, 0.6) is 0 Å². The molecule has 0 N–H and O–H groups in total. The number of hydrogen-bond acceptors (Lipinski definition) is 5. The molecule has 0 saturated carbocycles. The third-order valence-corrected chi connectivity index (χ3v) is 3.83. The summed E-state index contributed by atoms with van der Waals surface area (Å²) in [4.78, 5) is 16.9. The lowest BCUT2D eigenvalue weighted by molar-refractivity contribution is -0.140. The zero-order valence-electron chi connectivity index (χ0n) is 16.2. The molecule has 27 heavy (non-hydrogen) atoms. The lowest BCUT2D eigenvalue weighted by atomic mass is 10.1. The summed E-state index contributed by atoms with van der Waals surface area (Å²) in [5.41, 5.74) is 4.26. The Morgan fingerprint density at radius 1 is 1.19 bits per heavy atom. The van der Waals surface area contributed by atoms with Crippen molar-refractivity contribution in [1.29, 1.82) is 0 Å². The van der Waals surface area contributed by atoms with Crippen LogP contribution < -0.4 is 0 Å². The normalized spacial score (nSPS) is 11.9. The number of hydrogen-bond donors (Lipinski definition) is 0. The Labute approximate surface area is 158 Å². The van der Waals surface area contributed by atoms with E-state index in [1.54, 1.807) is 36.7 Å². The monoisotopic (exact) mass is 365 g/mol. The molecular formula is C20H23N5O2. The molecule has 2 heterocycles. The zero-order valence-corrected chi connectivity index (χ0v) is 16.2. The fraction of sp³-hybridized carbons (Fsp3) is 0.300. The Bertz CT molecular complexity index is 977. The first-order valence-corrected chi connectivity index (χ1v) is 8.73. The summed E-state index contributed by atoms with van der Waals surface area (Å²) in [6, 6.07) is 6.17. The van der Waals surface area contributed by atoms with E-state index in [1.165, 1.54) is 4.68 Å². The van der Waals surface area contributed by atoms with Gasteiger partial charge in [-0.25, -0.2) is 14.5 Å². The van der Waals surface area contributed by atoms with Gasteiger partial charge in [-0.05, 0) is 39.8 Å². The Kier molecular flexibility index (Phi) is 5.21. The molecule has 7 nitrogen and oxygen atoms in total. The number of benzene rings is 1. The molecule has 0 unspecified atom stereocenters. The van der Waals surface area contributed by atoms with Crippen LogP contribution in [-0.2, 0) is 16.6 Å². The van der Waals surface area contributed by atoms with Gasteiger partial charge in [-0.1, -0.05) is 17.2 Å². The van der Waals surface area contributed by atoms with Gasteiger partial charge in [-0.3, -0.25) is 4.68 Å². The largest absolute Gasteiger partial charge is 0.459 e. The Morgan fingerprint density at radius 3 is 2.48 bits per heavy atom. The Hall–Kier alpha value is -3.22. The van der Waals surface area contributed by atoms with Crippen molar-refractivity contribution >= 4 is 17.7 Å². The highest BCUT2D eigenvalue weighted by Crippen LogP contribution is 2.20. The van der Waals surface area contributed by atoms with Crippen LogP contribution in [0.4, 0.5) is 0 Å². The summed E-state index contributed by atoms with van der Waals surface area (Å²) in [6.45, 7) is 7.70. The molecular weight excluding hydrogens is 342 g/mol. The minimum Gasteiger partial charge on any atom is -0.459 e. The molecule has 140 valence electrons. The smallest absolute Gasteiger partial charge is 0.340 e. The second-order valence-corrected chi connectivity index (χ2v) is 6.82. The minimum atomic E-state index is -0.429. The lowest BCUT2D eigenvalue weighted by Gasteiger charge is -2.09. The van der Waals surface area contributed by atoms with E-state index in [0.717, 1.165) is 16.7 Å². The van der Waals surface area contributed by atoms with Crippen molar-refractivity contribution in [3.8, 4) is 11.4 Å². The maximum Gasteiger partial charge on any atom is 0.340 e. The van der Waals surface area contributed by atoms with Gasteiger partial charge in [0, 0.05) is 30.6 Å². The highest BCUT2D eigenvalue weighted by atomic mass is 16.5. The van der Waals surface area contributed by atoms with E-state index >= 15 is 0 Å². The maximum absolute atomic E-state index is 12.5.